The minimum absolute atomic E-state index is 0.0347. The van der Waals surface area contributed by atoms with Crippen LogP contribution in [0.25, 0.3) is 0 Å². The summed E-state index contributed by atoms with van der Waals surface area (Å²) >= 11 is 5.92. The van der Waals surface area contributed by atoms with Gasteiger partial charge in [-0.05, 0) is 31.2 Å². The topological polar surface area (TPSA) is 142 Å². The third-order valence-electron chi connectivity index (χ3n) is 3.78. The van der Waals surface area contributed by atoms with Crippen LogP contribution < -0.4 is 16.4 Å². The number of hydrogen-bond donors (Lipinski definition) is 4. The van der Waals surface area contributed by atoms with Crippen LogP contribution >= 0.6 is 11.6 Å². The van der Waals surface area contributed by atoms with Crippen molar-refractivity contribution in [2.45, 2.75) is 6.92 Å². The largest absolute Gasteiger partial charge is 0.368 e. The average Bonchev–Trinajstić information content (AvgIpc) is 3.07. The number of amides is 2. The third kappa shape index (κ3) is 5.20. The Morgan fingerprint density at radius 2 is 1.93 bits per heavy atom. The highest BCUT2D eigenvalue weighted by molar-refractivity contribution is 6.30. The maximum absolute atomic E-state index is 12.7. The Kier molecular flexibility index (Phi) is 5.93. The fourth-order valence-corrected chi connectivity index (χ4v) is 2.59. The molecule has 2 aromatic heterocycles. The second-order valence-corrected chi connectivity index (χ2v) is 6.71. The van der Waals surface area contributed by atoms with Crippen LogP contribution in [0.15, 0.2) is 36.5 Å². The molecular weight excluding hydrogens is 396 g/mol. The van der Waals surface area contributed by atoms with Gasteiger partial charge < -0.3 is 21.3 Å². The molecule has 3 rings (SSSR count). The number of nitrogens with zero attached hydrogens (tertiary/aromatic N) is 4. The summed E-state index contributed by atoms with van der Waals surface area (Å²) in [7, 11) is 1.46. The van der Waals surface area contributed by atoms with E-state index in [9.17, 15) is 9.59 Å². The van der Waals surface area contributed by atoms with Crippen molar-refractivity contribution in [1.82, 2.24) is 25.1 Å². The highest BCUT2D eigenvalue weighted by Crippen LogP contribution is 2.23. The summed E-state index contributed by atoms with van der Waals surface area (Å²) in [4.78, 5) is 33.7. The lowest BCUT2D eigenvalue weighted by molar-refractivity contribution is -0.118. The van der Waals surface area contributed by atoms with Gasteiger partial charge in [0.15, 0.2) is 23.1 Å². The lowest BCUT2D eigenvalue weighted by Gasteiger charge is -2.17. The number of benzene rings is 1. The number of nitrogens with one attached hydrogen (secondary N) is 3. The van der Waals surface area contributed by atoms with Crippen LogP contribution in [-0.2, 0) is 4.79 Å². The van der Waals surface area contributed by atoms with E-state index in [0.29, 0.717) is 22.3 Å². The van der Waals surface area contributed by atoms with Crippen molar-refractivity contribution in [3.05, 3.63) is 52.9 Å². The molecule has 1 aromatic carbocycles. The molecule has 150 valence electrons. The third-order valence-corrected chi connectivity index (χ3v) is 4.04. The number of aryl methyl sites for hydroxylation is 1. The van der Waals surface area contributed by atoms with Crippen molar-refractivity contribution in [1.29, 1.82) is 0 Å². The number of rotatable bonds is 7. The Balaban J connectivity index is 1.93. The molecule has 0 saturated heterocycles. The molecule has 11 heteroatoms. The number of nitrogens with two attached hydrogens (primary N) is 1. The molecule has 0 aliphatic rings. The van der Waals surface area contributed by atoms with Crippen molar-refractivity contribution >= 4 is 46.6 Å². The summed E-state index contributed by atoms with van der Waals surface area (Å²) in [6, 6.07) is 8.68. The molecule has 0 aliphatic heterocycles. The summed E-state index contributed by atoms with van der Waals surface area (Å²) < 4.78 is 0. The molecular formula is C18H19ClN8O2. The van der Waals surface area contributed by atoms with E-state index in [2.05, 4.69) is 30.8 Å². The molecule has 0 spiro atoms. The van der Waals surface area contributed by atoms with Gasteiger partial charge in [-0.3, -0.25) is 14.7 Å². The van der Waals surface area contributed by atoms with E-state index < -0.39 is 11.8 Å². The molecule has 0 bridgehead atoms. The molecule has 10 nitrogen and oxygen atoms in total. The Bertz CT molecular complexity index is 1030. The number of aromatic nitrogens is 4. The van der Waals surface area contributed by atoms with Gasteiger partial charge in [0.25, 0.3) is 5.91 Å². The van der Waals surface area contributed by atoms with Crippen LogP contribution in [0.5, 0.6) is 0 Å². The van der Waals surface area contributed by atoms with Crippen LogP contribution in [0.4, 0.5) is 23.1 Å². The highest BCUT2D eigenvalue weighted by Gasteiger charge is 2.21. The Hall–Kier alpha value is -3.66. The summed E-state index contributed by atoms with van der Waals surface area (Å²) in [5.74, 6) is -0.00438. The zero-order valence-corrected chi connectivity index (χ0v) is 16.5. The van der Waals surface area contributed by atoms with Crippen LogP contribution in [-0.4, -0.2) is 50.5 Å². The van der Waals surface area contributed by atoms with Crippen molar-refractivity contribution < 1.29 is 9.59 Å². The van der Waals surface area contributed by atoms with Gasteiger partial charge in [-0.2, -0.15) is 5.10 Å². The molecule has 0 saturated carbocycles. The van der Waals surface area contributed by atoms with Gasteiger partial charge in [-0.25, -0.2) is 9.97 Å². The van der Waals surface area contributed by atoms with Gasteiger partial charge in [-0.1, -0.05) is 11.6 Å². The molecule has 0 fully saturated rings. The van der Waals surface area contributed by atoms with E-state index in [1.165, 1.54) is 18.1 Å². The van der Waals surface area contributed by atoms with Gasteiger partial charge in [0.1, 0.15) is 0 Å². The fourth-order valence-electron chi connectivity index (χ4n) is 2.46. The number of aromatic amines is 1. The maximum Gasteiger partial charge on any atom is 0.276 e. The summed E-state index contributed by atoms with van der Waals surface area (Å²) in [6.45, 7) is 1.63. The number of carbonyl (C=O) groups is 2. The van der Waals surface area contributed by atoms with E-state index in [-0.39, 0.29) is 18.1 Å². The summed E-state index contributed by atoms with van der Waals surface area (Å²) in [5.41, 5.74) is 6.75. The number of halogens is 1. The summed E-state index contributed by atoms with van der Waals surface area (Å²) in [5, 5.41) is 13.5. The number of primary amides is 1. The predicted octanol–water partition coefficient (Wildman–Crippen LogP) is 2.21. The standard InChI is InChI=1S/C18H19ClN8O2/c1-10-7-14(26-25-10)23-15-8-21-16(18(29)27(2)9-13(20)28)17(24-15)22-12-5-3-11(19)4-6-12/h3-8H,9H2,1-2H3,(H2,20,28)(H3,22,23,24,25,26). The second-order valence-electron chi connectivity index (χ2n) is 6.27. The zero-order chi connectivity index (χ0) is 21.0. The molecule has 2 amide bonds. The summed E-state index contributed by atoms with van der Waals surface area (Å²) in [6.07, 6.45) is 1.41. The normalized spacial score (nSPS) is 10.4. The van der Waals surface area contributed by atoms with Crippen LogP contribution in [0.2, 0.25) is 5.02 Å². The number of hydrogen-bond acceptors (Lipinski definition) is 7. The first kappa shape index (κ1) is 20.1. The molecule has 5 N–H and O–H groups in total. The lowest BCUT2D eigenvalue weighted by atomic mass is 10.3. The van der Waals surface area contributed by atoms with Crippen molar-refractivity contribution in [3.8, 4) is 0 Å². The maximum atomic E-state index is 12.7. The molecule has 0 radical (unpaired) electrons. The van der Waals surface area contributed by atoms with E-state index >= 15 is 0 Å². The first-order chi connectivity index (χ1) is 13.8. The first-order valence-electron chi connectivity index (χ1n) is 8.54. The lowest BCUT2D eigenvalue weighted by Crippen LogP contribution is -2.36. The minimum Gasteiger partial charge on any atom is -0.368 e. The monoisotopic (exact) mass is 414 g/mol. The molecule has 0 aliphatic carbocycles. The SMILES string of the molecule is Cc1cc(Nc2cnc(C(=O)N(C)CC(N)=O)c(Nc3ccc(Cl)cc3)n2)n[nH]1. The predicted molar refractivity (Wildman–Crippen MR) is 110 cm³/mol. The Morgan fingerprint density at radius 3 is 2.55 bits per heavy atom. The molecule has 2 heterocycles. The Morgan fingerprint density at radius 1 is 1.21 bits per heavy atom. The van der Waals surface area contributed by atoms with Gasteiger partial charge in [0, 0.05) is 29.5 Å². The van der Waals surface area contributed by atoms with E-state index in [1.807, 2.05) is 6.92 Å². The average molecular weight is 415 g/mol. The quantitative estimate of drug-likeness (QED) is 0.464. The number of carbonyl (C=O) groups excluding carboxylic acids is 2. The zero-order valence-electron chi connectivity index (χ0n) is 15.7. The number of likely N-dealkylation sites (N-methyl/N-ethyl adjacent to an activating group) is 1. The molecule has 0 unspecified atom stereocenters. The van der Waals surface area contributed by atoms with Crippen molar-refractivity contribution in [2.24, 2.45) is 5.73 Å². The first-order valence-corrected chi connectivity index (χ1v) is 8.92. The molecule has 29 heavy (non-hydrogen) atoms. The number of H-pyrrole nitrogens is 1. The van der Waals surface area contributed by atoms with E-state index in [1.54, 1.807) is 30.3 Å². The van der Waals surface area contributed by atoms with Gasteiger partial charge in [0.2, 0.25) is 5.91 Å². The highest BCUT2D eigenvalue weighted by atomic mass is 35.5. The smallest absolute Gasteiger partial charge is 0.276 e. The van der Waals surface area contributed by atoms with Crippen LogP contribution in [0.3, 0.4) is 0 Å². The van der Waals surface area contributed by atoms with Crippen molar-refractivity contribution in [2.75, 3.05) is 24.2 Å². The van der Waals surface area contributed by atoms with E-state index in [4.69, 9.17) is 17.3 Å². The van der Waals surface area contributed by atoms with Crippen LogP contribution in [0, 0.1) is 6.92 Å². The Labute approximate surface area is 171 Å². The van der Waals surface area contributed by atoms with Gasteiger partial charge in [-0.15, -0.1) is 0 Å². The van der Waals surface area contributed by atoms with Gasteiger partial charge >= 0.3 is 0 Å². The van der Waals surface area contributed by atoms with E-state index in [0.717, 1.165) is 5.69 Å². The minimum atomic E-state index is -0.631. The number of anilines is 4. The van der Waals surface area contributed by atoms with Gasteiger partial charge in [0.05, 0.1) is 12.7 Å². The second kappa shape index (κ2) is 8.57. The molecule has 0 atom stereocenters. The molecule has 3 aromatic rings. The fraction of sp³-hybridized carbons (Fsp3) is 0.167. The van der Waals surface area contributed by atoms with Crippen LogP contribution in [0.1, 0.15) is 16.2 Å². The van der Waals surface area contributed by atoms with Crippen molar-refractivity contribution in [3.63, 3.8) is 0 Å².